The first kappa shape index (κ1) is 14.0. The van der Waals surface area contributed by atoms with Crippen LogP contribution in [0.1, 0.15) is 15.9 Å². The summed E-state index contributed by atoms with van der Waals surface area (Å²) in [7, 11) is 0. The highest BCUT2D eigenvalue weighted by Crippen LogP contribution is 2.29. The molecule has 2 aromatic carbocycles. The Kier molecular flexibility index (Phi) is 3.74. The van der Waals surface area contributed by atoms with E-state index in [9.17, 15) is 22.4 Å². The van der Waals surface area contributed by atoms with Crippen LogP contribution < -0.4 is 5.32 Å². The molecule has 104 valence electrons. The van der Waals surface area contributed by atoms with Crippen molar-refractivity contribution in [3.05, 3.63) is 65.5 Å². The fraction of sp³-hybridized carbons (Fsp3) is 0.0714. The fourth-order valence-electron chi connectivity index (χ4n) is 1.58. The van der Waals surface area contributed by atoms with Crippen molar-refractivity contribution in [1.29, 1.82) is 0 Å². The van der Waals surface area contributed by atoms with Gasteiger partial charge in [0.15, 0.2) is 0 Å². The monoisotopic (exact) mass is 283 g/mol. The number of benzene rings is 2. The van der Waals surface area contributed by atoms with Crippen LogP contribution in [-0.2, 0) is 6.18 Å². The zero-order valence-corrected chi connectivity index (χ0v) is 10.0. The van der Waals surface area contributed by atoms with Crippen LogP contribution in [0.2, 0.25) is 0 Å². The molecule has 0 unspecified atom stereocenters. The van der Waals surface area contributed by atoms with Crippen molar-refractivity contribution in [1.82, 2.24) is 0 Å². The van der Waals surface area contributed by atoms with Crippen molar-refractivity contribution in [2.24, 2.45) is 0 Å². The molecule has 2 aromatic rings. The predicted octanol–water partition coefficient (Wildman–Crippen LogP) is 4.10. The van der Waals surface area contributed by atoms with Gasteiger partial charge in [0, 0.05) is 11.3 Å². The van der Waals surface area contributed by atoms with Crippen LogP contribution in [0.5, 0.6) is 0 Å². The van der Waals surface area contributed by atoms with Crippen LogP contribution in [0.4, 0.5) is 23.2 Å². The number of nitrogens with one attached hydrogen (secondary N) is 1. The third kappa shape index (κ3) is 3.34. The van der Waals surface area contributed by atoms with E-state index in [4.69, 9.17) is 0 Å². The molecule has 0 atom stereocenters. The van der Waals surface area contributed by atoms with Gasteiger partial charge in [0.1, 0.15) is 5.82 Å². The molecule has 2 nitrogen and oxygen atoms in total. The fourth-order valence-corrected chi connectivity index (χ4v) is 1.58. The molecular weight excluding hydrogens is 274 g/mol. The standard InChI is InChI=1S/C14H9F4NO/c15-11-2-1-3-12(8-11)19-13(20)9-4-6-10(7-5-9)14(16,17)18/h1-8H,(H,19,20). The third-order valence-electron chi connectivity index (χ3n) is 2.56. The van der Waals surface area contributed by atoms with Gasteiger partial charge in [-0.1, -0.05) is 6.07 Å². The highest BCUT2D eigenvalue weighted by molar-refractivity contribution is 6.04. The number of carbonyl (C=O) groups excluding carboxylic acids is 1. The maximum atomic E-state index is 12.9. The van der Waals surface area contributed by atoms with Crippen molar-refractivity contribution in [3.63, 3.8) is 0 Å². The first-order chi connectivity index (χ1) is 9.36. The van der Waals surface area contributed by atoms with E-state index in [2.05, 4.69) is 5.32 Å². The molecule has 1 N–H and O–H groups in total. The lowest BCUT2D eigenvalue weighted by molar-refractivity contribution is -0.137. The van der Waals surface area contributed by atoms with Gasteiger partial charge in [0.05, 0.1) is 5.56 Å². The lowest BCUT2D eigenvalue weighted by Gasteiger charge is -2.08. The van der Waals surface area contributed by atoms with Gasteiger partial charge in [0.25, 0.3) is 5.91 Å². The van der Waals surface area contributed by atoms with Crippen molar-refractivity contribution in [3.8, 4) is 0 Å². The summed E-state index contributed by atoms with van der Waals surface area (Å²) in [6.45, 7) is 0. The summed E-state index contributed by atoms with van der Waals surface area (Å²) in [6.07, 6.45) is -4.45. The maximum Gasteiger partial charge on any atom is 0.416 e. The number of anilines is 1. The van der Waals surface area contributed by atoms with Gasteiger partial charge < -0.3 is 5.32 Å². The van der Waals surface area contributed by atoms with E-state index in [0.29, 0.717) is 0 Å². The molecule has 0 aliphatic carbocycles. The Morgan fingerprint density at radius 3 is 2.20 bits per heavy atom. The second kappa shape index (κ2) is 5.32. The first-order valence-corrected chi connectivity index (χ1v) is 5.60. The van der Waals surface area contributed by atoms with E-state index in [1.54, 1.807) is 0 Å². The zero-order chi connectivity index (χ0) is 14.8. The average molecular weight is 283 g/mol. The van der Waals surface area contributed by atoms with Gasteiger partial charge in [-0.25, -0.2) is 4.39 Å². The summed E-state index contributed by atoms with van der Waals surface area (Å²) < 4.78 is 50.0. The molecule has 0 aliphatic heterocycles. The Morgan fingerprint density at radius 2 is 1.65 bits per heavy atom. The van der Waals surface area contributed by atoms with Gasteiger partial charge in [-0.05, 0) is 42.5 Å². The summed E-state index contributed by atoms with van der Waals surface area (Å²) in [5.41, 5.74) is -0.544. The molecule has 0 aromatic heterocycles. The SMILES string of the molecule is O=C(Nc1cccc(F)c1)c1ccc(C(F)(F)F)cc1. The molecule has 20 heavy (non-hydrogen) atoms. The molecule has 0 saturated heterocycles. The smallest absolute Gasteiger partial charge is 0.322 e. The Hall–Kier alpha value is -2.37. The van der Waals surface area contributed by atoms with Crippen LogP contribution in [0.15, 0.2) is 48.5 Å². The molecule has 0 radical (unpaired) electrons. The summed E-state index contributed by atoms with van der Waals surface area (Å²) in [5, 5.41) is 2.40. The van der Waals surface area contributed by atoms with E-state index < -0.39 is 23.5 Å². The first-order valence-electron chi connectivity index (χ1n) is 5.60. The van der Waals surface area contributed by atoms with Gasteiger partial charge in [-0.2, -0.15) is 13.2 Å². The molecule has 0 bridgehead atoms. The number of carbonyl (C=O) groups is 1. The topological polar surface area (TPSA) is 29.1 Å². The Bertz CT molecular complexity index is 620. The van der Waals surface area contributed by atoms with E-state index in [0.717, 1.165) is 30.3 Å². The molecule has 2 rings (SSSR count). The second-order valence-electron chi connectivity index (χ2n) is 4.04. The van der Waals surface area contributed by atoms with E-state index in [-0.39, 0.29) is 11.3 Å². The summed E-state index contributed by atoms with van der Waals surface area (Å²) in [6, 6.07) is 8.99. The van der Waals surface area contributed by atoms with Crippen molar-refractivity contribution < 1.29 is 22.4 Å². The normalized spacial score (nSPS) is 11.2. The van der Waals surface area contributed by atoms with Gasteiger partial charge >= 0.3 is 6.18 Å². The predicted molar refractivity (Wildman–Crippen MR) is 65.8 cm³/mol. The molecule has 0 aliphatic rings. The number of hydrogen-bond donors (Lipinski definition) is 1. The minimum Gasteiger partial charge on any atom is -0.322 e. The van der Waals surface area contributed by atoms with Crippen LogP contribution in [0, 0.1) is 5.82 Å². The summed E-state index contributed by atoms with van der Waals surface area (Å²) in [5.74, 6) is -1.13. The van der Waals surface area contributed by atoms with Gasteiger partial charge in [-0.15, -0.1) is 0 Å². The van der Waals surface area contributed by atoms with Crippen molar-refractivity contribution >= 4 is 11.6 Å². The number of halogens is 4. The van der Waals surface area contributed by atoms with Crippen LogP contribution in [0.3, 0.4) is 0 Å². The highest BCUT2D eigenvalue weighted by atomic mass is 19.4. The quantitative estimate of drug-likeness (QED) is 0.826. The largest absolute Gasteiger partial charge is 0.416 e. The van der Waals surface area contributed by atoms with Gasteiger partial charge in [-0.3, -0.25) is 4.79 Å². The van der Waals surface area contributed by atoms with Crippen molar-refractivity contribution in [2.45, 2.75) is 6.18 Å². The Balaban J connectivity index is 2.14. The van der Waals surface area contributed by atoms with Crippen LogP contribution in [-0.4, -0.2) is 5.91 Å². The zero-order valence-electron chi connectivity index (χ0n) is 10.0. The van der Waals surface area contributed by atoms with Crippen LogP contribution >= 0.6 is 0 Å². The molecule has 6 heteroatoms. The maximum absolute atomic E-state index is 12.9. The average Bonchev–Trinajstić information content (AvgIpc) is 2.38. The second-order valence-corrected chi connectivity index (χ2v) is 4.04. The molecule has 0 heterocycles. The third-order valence-corrected chi connectivity index (χ3v) is 2.56. The van der Waals surface area contributed by atoms with E-state index in [1.807, 2.05) is 0 Å². The molecule has 0 spiro atoms. The minimum absolute atomic E-state index is 0.0576. The highest BCUT2D eigenvalue weighted by Gasteiger charge is 2.30. The van der Waals surface area contributed by atoms with Crippen LogP contribution in [0.25, 0.3) is 0 Å². The Labute approximate surface area is 112 Å². The minimum atomic E-state index is -4.45. The molecule has 1 amide bonds. The molecule has 0 saturated carbocycles. The lowest BCUT2D eigenvalue weighted by atomic mass is 10.1. The summed E-state index contributed by atoms with van der Waals surface area (Å²) >= 11 is 0. The molecule has 0 fully saturated rings. The number of amides is 1. The molecular formula is C14H9F4NO. The number of hydrogen-bond acceptors (Lipinski definition) is 1. The van der Waals surface area contributed by atoms with Crippen molar-refractivity contribution in [2.75, 3.05) is 5.32 Å². The summed E-state index contributed by atoms with van der Waals surface area (Å²) in [4.78, 5) is 11.8. The number of alkyl halides is 3. The van der Waals surface area contributed by atoms with E-state index in [1.165, 1.54) is 18.2 Å². The number of rotatable bonds is 2. The lowest BCUT2D eigenvalue weighted by Crippen LogP contribution is -2.12. The Morgan fingerprint density at radius 1 is 1.00 bits per heavy atom. The van der Waals surface area contributed by atoms with Gasteiger partial charge in [0.2, 0.25) is 0 Å². The van der Waals surface area contributed by atoms with E-state index >= 15 is 0 Å².